The fourth-order valence-electron chi connectivity index (χ4n) is 0.584. The number of aliphatic hydroxyl groups excluding tert-OH is 1. The van der Waals surface area contributed by atoms with E-state index < -0.39 is 26.7 Å². The molecule has 0 saturated carbocycles. The van der Waals surface area contributed by atoms with Crippen LogP contribution in [0.2, 0.25) is 0 Å². The van der Waals surface area contributed by atoms with Crippen molar-refractivity contribution in [2.75, 3.05) is 6.54 Å². The lowest BCUT2D eigenvalue weighted by Crippen LogP contribution is -2.25. The summed E-state index contributed by atoms with van der Waals surface area (Å²) in [5.74, 6) is -0.738. The van der Waals surface area contributed by atoms with Crippen LogP contribution in [0, 0.1) is 0 Å². The summed E-state index contributed by atoms with van der Waals surface area (Å²) in [5, 5.41) is 9.78. The average Bonchev–Trinajstić information content (AvgIpc) is 2.00. The lowest BCUT2D eigenvalue weighted by Gasteiger charge is -2.03. The molecule has 0 rings (SSSR count). The Morgan fingerprint density at radius 1 is 1.46 bits per heavy atom. The Morgan fingerprint density at radius 2 is 1.92 bits per heavy atom. The minimum absolute atomic E-state index is 0.301. The molecule has 0 radical (unpaired) electrons. The van der Waals surface area contributed by atoms with Crippen LogP contribution in [0.4, 0.5) is 0 Å². The normalized spacial score (nSPS) is 13.5. The summed E-state index contributed by atoms with van der Waals surface area (Å²) in [7, 11) is -4.69. The molecule has 0 aromatic heterocycles. The Kier molecular flexibility index (Phi) is 3.89. The molecular weight excluding hydrogens is 198 g/mol. The summed E-state index contributed by atoms with van der Waals surface area (Å²) in [6, 6.07) is 0. The zero-order valence-corrected chi connectivity index (χ0v) is 8.05. The minimum atomic E-state index is -4.69. The maximum absolute atomic E-state index is 10.9. The first kappa shape index (κ1) is 11.9. The van der Waals surface area contributed by atoms with Crippen molar-refractivity contribution < 1.29 is 22.9 Å². The van der Waals surface area contributed by atoms with E-state index in [0.717, 1.165) is 6.92 Å². The van der Waals surface area contributed by atoms with Crippen molar-refractivity contribution in [3.05, 3.63) is 10.7 Å². The molecule has 0 atom stereocenters. The number of likely N-dealkylation sites (N-methyl/N-ethyl adjacent to an activating group) is 1. The molecule has 0 bridgehead atoms. The summed E-state index contributed by atoms with van der Waals surface area (Å²) in [6.45, 7) is 3.03. The zero-order valence-electron chi connectivity index (χ0n) is 7.23. The van der Waals surface area contributed by atoms with Crippen LogP contribution in [0.25, 0.3) is 0 Å². The predicted octanol–water partition coefficient (Wildman–Crippen LogP) is -0.200. The minimum Gasteiger partial charge on any atom is -0.497 e. The average molecular weight is 209 g/mol. The number of aliphatic hydroxyl groups is 1. The van der Waals surface area contributed by atoms with E-state index in [1.165, 1.54) is 0 Å². The SMILES string of the molecule is CCNC(=O)/C(C)=C(/O)S(=O)(=O)O. The molecule has 13 heavy (non-hydrogen) atoms. The van der Waals surface area contributed by atoms with Crippen molar-refractivity contribution in [1.29, 1.82) is 0 Å². The predicted molar refractivity (Wildman–Crippen MR) is 45.6 cm³/mol. The molecule has 0 saturated heterocycles. The second-order valence-electron chi connectivity index (χ2n) is 2.26. The van der Waals surface area contributed by atoms with E-state index in [2.05, 4.69) is 5.32 Å². The summed E-state index contributed by atoms with van der Waals surface area (Å²) in [6.07, 6.45) is 0. The number of rotatable bonds is 3. The summed E-state index contributed by atoms with van der Waals surface area (Å²) in [5.41, 5.74) is -0.440. The highest BCUT2D eigenvalue weighted by Crippen LogP contribution is 2.06. The van der Waals surface area contributed by atoms with Gasteiger partial charge < -0.3 is 10.4 Å². The van der Waals surface area contributed by atoms with Crippen molar-refractivity contribution in [3.8, 4) is 0 Å². The first-order valence-corrected chi connectivity index (χ1v) is 4.90. The first-order valence-electron chi connectivity index (χ1n) is 3.46. The molecule has 0 aromatic rings. The Hall–Kier alpha value is -1.08. The molecule has 0 fully saturated rings. The highest BCUT2D eigenvalue weighted by Gasteiger charge is 2.19. The molecule has 6 nitrogen and oxygen atoms in total. The zero-order chi connectivity index (χ0) is 10.6. The van der Waals surface area contributed by atoms with Crippen LogP contribution in [0.1, 0.15) is 13.8 Å². The van der Waals surface area contributed by atoms with Gasteiger partial charge in [-0.1, -0.05) is 0 Å². The quantitative estimate of drug-likeness (QED) is 0.339. The van der Waals surface area contributed by atoms with Gasteiger partial charge in [0.25, 0.3) is 5.91 Å². The Labute approximate surface area is 76.0 Å². The van der Waals surface area contributed by atoms with E-state index in [4.69, 9.17) is 9.66 Å². The number of nitrogens with one attached hydrogen (secondary N) is 1. The molecule has 0 aliphatic heterocycles. The second kappa shape index (κ2) is 4.24. The Morgan fingerprint density at radius 3 is 2.23 bits per heavy atom. The van der Waals surface area contributed by atoms with Gasteiger partial charge in [-0.15, -0.1) is 0 Å². The molecule has 0 heterocycles. The van der Waals surface area contributed by atoms with Gasteiger partial charge in [0.05, 0.1) is 5.57 Å². The molecular formula is C6H11NO5S. The number of carbonyl (C=O) groups is 1. The topological polar surface area (TPSA) is 104 Å². The van der Waals surface area contributed by atoms with Crippen molar-refractivity contribution in [3.63, 3.8) is 0 Å². The Bertz CT molecular complexity index is 329. The highest BCUT2D eigenvalue weighted by atomic mass is 32.2. The smallest absolute Gasteiger partial charge is 0.328 e. The monoisotopic (exact) mass is 209 g/mol. The number of carbonyl (C=O) groups excluding carboxylic acids is 1. The first-order chi connectivity index (χ1) is 5.80. The maximum atomic E-state index is 10.9. The van der Waals surface area contributed by atoms with E-state index in [9.17, 15) is 13.2 Å². The third-order valence-corrected chi connectivity index (χ3v) is 2.04. The van der Waals surface area contributed by atoms with Crippen LogP contribution in [-0.2, 0) is 14.9 Å². The number of hydrogen-bond donors (Lipinski definition) is 3. The summed E-state index contributed by atoms with van der Waals surface area (Å²) in [4.78, 5) is 10.9. The largest absolute Gasteiger partial charge is 0.497 e. The second-order valence-corrected chi connectivity index (χ2v) is 3.60. The van der Waals surface area contributed by atoms with Gasteiger partial charge in [-0.05, 0) is 13.8 Å². The molecule has 0 spiro atoms. The van der Waals surface area contributed by atoms with E-state index in [0.29, 0.717) is 6.54 Å². The van der Waals surface area contributed by atoms with Crippen LogP contribution in [-0.4, -0.2) is 30.5 Å². The Balaban J connectivity index is 4.94. The van der Waals surface area contributed by atoms with Crippen LogP contribution >= 0.6 is 0 Å². The summed E-state index contributed by atoms with van der Waals surface area (Å²) >= 11 is 0. The van der Waals surface area contributed by atoms with Gasteiger partial charge in [-0.25, -0.2) is 0 Å². The van der Waals surface area contributed by atoms with E-state index in [-0.39, 0.29) is 0 Å². The van der Waals surface area contributed by atoms with Crippen LogP contribution in [0.3, 0.4) is 0 Å². The molecule has 1 amide bonds. The van der Waals surface area contributed by atoms with Gasteiger partial charge in [-0.3, -0.25) is 9.35 Å². The van der Waals surface area contributed by atoms with Crippen molar-refractivity contribution >= 4 is 16.0 Å². The maximum Gasteiger partial charge on any atom is 0.328 e. The third kappa shape index (κ3) is 3.43. The van der Waals surface area contributed by atoms with Gasteiger partial charge >= 0.3 is 10.1 Å². The lowest BCUT2D eigenvalue weighted by molar-refractivity contribution is -0.117. The molecule has 0 aliphatic rings. The van der Waals surface area contributed by atoms with Crippen LogP contribution in [0.15, 0.2) is 10.7 Å². The molecule has 0 aromatic carbocycles. The van der Waals surface area contributed by atoms with Gasteiger partial charge in [-0.2, -0.15) is 8.42 Å². The van der Waals surface area contributed by atoms with Crippen LogP contribution in [0.5, 0.6) is 0 Å². The summed E-state index contributed by atoms with van der Waals surface area (Å²) < 4.78 is 29.1. The molecule has 76 valence electrons. The third-order valence-electron chi connectivity index (χ3n) is 1.24. The molecule has 0 unspecified atom stereocenters. The van der Waals surface area contributed by atoms with Crippen LogP contribution < -0.4 is 5.32 Å². The molecule has 0 aliphatic carbocycles. The lowest BCUT2D eigenvalue weighted by atomic mass is 10.3. The highest BCUT2D eigenvalue weighted by molar-refractivity contribution is 7.89. The number of hydrogen-bond acceptors (Lipinski definition) is 4. The molecule has 7 heteroatoms. The van der Waals surface area contributed by atoms with E-state index >= 15 is 0 Å². The van der Waals surface area contributed by atoms with Gasteiger partial charge in [0, 0.05) is 6.54 Å². The van der Waals surface area contributed by atoms with E-state index in [1.807, 2.05) is 0 Å². The molecule has 3 N–H and O–H groups in total. The van der Waals surface area contributed by atoms with Gasteiger partial charge in [0.15, 0.2) is 0 Å². The fraction of sp³-hybridized carbons (Fsp3) is 0.500. The van der Waals surface area contributed by atoms with E-state index in [1.54, 1.807) is 6.92 Å². The van der Waals surface area contributed by atoms with Gasteiger partial charge in [0.1, 0.15) is 0 Å². The standard InChI is InChI=1S/C6H11NO5S/c1-3-7-5(8)4(2)6(9)13(10,11)12/h9H,3H2,1-2H3,(H,7,8)(H,10,11,12)/b6-4-. The number of amides is 1. The van der Waals surface area contributed by atoms with Crippen molar-refractivity contribution in [1.82, 2.24) is 5.32 Å². The van der Waals surface area contributed by atoms with Gasteiger partial charge in [0.2, 0.25) is 5.09 Å². The van der Waals surface area contributed by atoms with Crippen molar-refractivity contribution in [2.45, 2.75) is 13.8 Å². The fourth-order valence-corrected chi connectivity index (χ4v) is 1.06. The van der Waals surface area contributed by atoms with Crippen molar-refractivity contribution in [2.24, 2.45) is 0 Å².